The monoisotopic (exact) mass is 751 g/mol. The Morgan fingerprint density at radius 3 is 2.51 bits per heavy atom. The van der Waals surface area contributed by atoms with Gasteiger partial charge in [0.15, 0.2) is 11.6 Å². The molecule has 288 valence electrons. The van der Waals surface area contributed by atoms with Crippen molar-refractivity contribution in [1.82, 2.24) is 9.80 Å². The topological polar surface area (TPSA) is 99.6 Å². The van der Waals surface area contributed by atoms with E-state index in [1.54, 1.807) is 29.2 Å². The van der Waals surface area contributed by atoms with E-state index in [0.717, 1.165) is 98.1 Å². The molecule has 7 rings (SSSR count). The number of rotatable bonds is 15. The lowest BCUT2D eigenvalue weighted by molar-refractivity contribution is -0.112. The van der Waals surface area contributed by atoms with Crippen LogP contribution in [0, 0.1) is 18.6 Å². The zero-order chi connectivity index (χ0) is 38.5. The maximum atomic E-state index is 15.6. The first-order valence-corrected chi connectivity index (χ1v) is 19.2. The molecule has 55 heavy (non-hydrogen) atoms. The average molecular weight is 752 g/mol. The minimum Gasteiger partial charge on any atom is -0.508 e. The number of hydrogen-bond donors (Lipinski definition) is 1. The summed E-state index contributed by atoms with van der Waals surface area (Å²) >= 11 is 0. The molecule has 4 aromatic carbocycles. The van der Waals surface area contributed by atoms with Crippen molar-refractivity contribution < 1.29 is 37.7 Å². The highest BCUT2D eigenvalue weighted by atomic mass is 19.1. The Kier molecular flexibility index (Phi) is 11.8. The molecule has 0 bridgehead atoms. The van der Waals surface area contributed by atoms with E-state index < -0.39 is 11.9 Å². The Hall–Kier alpha value is -5.29. The molecule has 0 spiro atoms. The predicted molar refractivity (Wildman–Crippen MR) is 205 cm³/mol. The third-order valence-corrected chi connectivity index (χ3v) is 11.3. The maximum Gasteiger partial charge on any atom is 0.255 e. The number of phenolic OH excluding ortho intramolecular Hbond substituents is 1. The molecule has 1 unspecified atom stereocenters. The lowest BCUT2D eigenvalue weighted by atomic mass is 9.75. The number of carbonyl (C=O) groups excluding carboxylic acids is 3. The van der Waals surface area contributed by atoms with Crippen molar-refractivity contribution in [2.24, 2.45) is 0 Å². The van der Waals surface area contributed by atoms with Crippen molar-refractivity contribution in [1.29, 1.82) is 0 Å². The zero-order valence-electron chi connectivity index (χ0n) is 31.1. The number of aromatic hydroxyl groups is 1. The van der Waals surface area contributed by atoms with Gasteiger partial charge in [-0.1, -0.05) is 18.2 Å². The van der Waals surface area contributed by atoms with E-state index in [4.69, 9.17) is 9.47 Å². The number of aryl methyl sites for hydroxylation is 1. The van der Waals surface area contributed by atoms with Gasteiger partial charge in [0.25, 0.3) is 5.91 Å². The fraction of sp³-hybridized carbons (Fsp3) is 0.386. The van der Waals surface area contributed by atoms with Crippen LogP contribution in [-0.2, 0) is 16.1 Å². The smallest absolute Gasteiger partial charge is 0.255 e. The Labute approximate surface area is 320 Å². The number of hydrogen-bond acceptors (Lipinski definition) is 8. The number of nitrogens with zero attached hydrogens (tertiary/aromatic N) is 3. The second kappa shape index (κ2) is 17.0. The van der Waals surface area contributed by atoms with Gasteiger partial charge in [0.05, 0.1) is 19.3 Å². The third-order valence-electron chi connectivity index (χ3n) is 11.3. The summed E-state index contributed by atoms with van der Waals surface area (Å²) in [6.07, 6.45) is 4.87. The first kappa shape index (κ1) is 38.0. The molecule has 0 saturated carbocycles. The molecule has 1 fully saturated rings. The summed E-state index contributed by atoms with van der Waals surface area (Å²) in [4.78, 5) is 41.7. The first-order chi connectivity index (χ1) is 26.7. The number of aldehydes is 2. The van der Waals surface area contributed by atoms with E-state index in [1.807, 2.05) is 31.2 Å². The van der Waals surface area contributed by atoms with E-state index in [1.165, 1.54) is 18.2 Å². The normalized spacial score (nSPS) is 18.7. The van der Waals surface area contributed by atoms with Gasteiger partial charge in [0.1, 0.15) is 29.9 Å². The Morgan fingerprint density at radius 1 is 0.927 bits per heavy atom. The van der Waals surface area contributed by atoms with Gasteiger partial charge < -0.3 is 34.0 Å². The lowest BCUT2D eigenvalue weighted by Gasteiger charge is -2.36. The number of anilines is 1. The number of ether oxygens (including phenoxy) is 2. The van der Waals surface area contributed by atoms with Crippen LogP contribution < -0.4 is 14.4 Å². The highest BCUT2D eigenvalue weighted by Crippen LogP contribution is 2.48. The average Bonchev–Trinajstić information content (AvgIpc) is 3.51. The van der Waals surface area contributed by atoms with Crippen LogP contribution in [0.4, 0.5) is 14.5 Å². The minimum atomic E-state index is -0.593. The summed E-state index contributed by atoms with van der Waals surface area (Å²) < 4.78 is 41.5. The molecule has 0 radical (unpaired) electrons. The number of piperazine rings is 1. The fourth-order valence-electron chi connectivity index (χ4n) is 8.32. The summed E-state index contributed by atoms with van der Waals surface area (Å²) in [6.45, 7) is 7.52. The van der Waals surface area contributed by atoms with Crippen LogP contribution in [0.3, 0.4) is 0 Å². The van der Waals surface area contributed by atoms with Crippen molar-refractivity contribution >= 4 is 24.2 Å². The molecule has 0 aliphatic carbocycles. The molecule has 9 nitrogen and oxygen atoms in total. The van der Waals surface area contributed by atoms with Crippen LogP contribution in [0.15, 0.2) is 72.8 Å². The van der Waals surface area contributed by atoms with Gasteiger partial charge in [-0.15, -0.1) is 0 Å². The first-order valence-electron chi connectivity index (χ1n) is 19.2. The molecule has 1 N–H and O–H groups in total. The van der Waals surface area contributed by atoms with E-state index >= 15 is 4.39 Å². The highest BCUT2D eigenvalue weighted by molar-refractivity contribution is 6.00. The Morgan fingerprint density at radius 2 is 1.75 bits per heavy atom. The molecule has 1 amide bonds. The lowest BCUT2D eigenvalue weighted by Crippen LogP contribution is -2.46. The molecule has 0 aromatic heterocycles. The summed E-state index contributed by atoms with van der Waals surface area (Å²) in [5, 5.41) is 10.1. The number of phenols is 1. The van der Waals surface area contributed by atoms with Crippen molar-refractivity contribution in [2.45, 2.75) is 63.5 Å². The van der Waals surface area contributed by atoms with Crippen LogP contribution in [0.1, 0.15) is 82.1 Å². The minimum absolute atomic E-state index is 0.0896. The van der Waals surface area contributed by atoms with Crippen molar-refractivity contribution in [2.75, 3.05) is 50.8 Å². The van der Waals surface area contributed by atoms with Gasteiger partial charge in [-0.25, -0.2) is 8.78 Å². The highest BCUT2D eigenvalue weighted by Gasteiger charge is 2.36. The number of amides is 1. The largest absolute Gasteiger partial charge is 0.508 e. The fourth-order valence-corrected chi connectivity index (χ4v) is 8.32. The van der Waals surface area contributed by atoms with Gasteiger partial charge >= 0.3 is 0 Å². The predicted octanol–water partition coefficient (Wildman–Crippen LogP) is 7.16. The molecular weight excluding hydrogens is 704 g/mol. The van der Waals surface area contributed by atoms with E-state index in [2.05, 4.69) is 15.9 Å². The Bertz CT molecular complexity index is 2030. The summed E-state index contributed by atoms with van der Waals surface area (Å²) in [5.41, 5.74) is 5.92. The summed E-state index contributed by atoms with van der Waals surface area (Å²) in [7, 11) is 0. The molecule has 3 atom stereocenters. The van der Waals surface area contributed by atoms with Crippen LogP contribution >= 0.6 is 0 Å². The van der Waals surface area contributed by atoms with Gasteiger partial charge in [-0.05, 0) is 110 Å². The Balaban J connectivity index is 0.875. The molecule has 3 aliphatic heterocycles. The molecule has 3 heterocycles. The van der Waals surface area contributed by atoms with Crippen molar-refractivity contribution in [3.8, 4) is 17.2 Å². The molecule has 11 heteroatoms. The summed E-state index contributed by atoms with van der Waals surface area (Å²) in [5.74, 6) is -0.523. The molecule has 4 aromatic rings. The second-order valence-corrected chi connectivity index (χ2v) is 14.8. The van der Waals surface area contributed by atoms with Crippen LogP contribution in [0.5, 0.6) is 17.2 Å². The van der Waals surface area contributed by atoms with Gasteiger partial charge in [-0.3, -0.25) is 9.69 Å². The number of fused-ring (bicyclic) bond motifs is 2. The van der Waals surface area contributed by atoms with E-state index in [9.17, 15) is 23.9 Å². The van der Waals surface area contributed by atoms with Gasteiger partial charge in [-0.2, -0.15) is 0 Å². The number of carbonyl (C=O) groups is 3. The second-order valence-electron chi connectivity index (χ2n) is 14.8. The summed E-state index contributed by atoms with van der Waals surface area (Å²) in [6, 6.07) is 20.1. The molecular formula is C44H47F2N3O6. The quantitative estimate of drug-likeness (QED) is 0.101. The van der Waals surface area contributed by atoms with Crippen LogP contribution in [0.2, 0.25) is 0 Å². The van der Waals surface area contributed by atoms with E-state index in [0.29, 0.717) is 37.5 Å². The van der Waals surface area contributed by atoms with Crippen molar-refractivity contribution in [3.05, 3.63) is 118 Å². The number of halogens is 2. The van der Waals surface area contributed by atoms with E-state index in [-0.39, 0.29) is 41.5 Å². The number of benzene rings is 4. The van der Waals surface area contributed by atoms with Gasteiger partial charge in [0.2, 0.25) is 0 Å². The van der Waals surface area contributed by atoms with Crippen LogP contribution in [-0.4, -0.2) is 85.4 Å². The molecule has 1 saturated heterocycles. The zero-order valence-corrected chi connectivity index (χ0v) is 31.1. The van der Waals surface area contributed by atoms with Gasteiger partial charge in [0, 0.05) is 73.9 Å². The van der Waals surface area contributed by atoms with Crippen molar-refractivity contribution in [3.63, 3.8) is 0 Å². The van der Waals surface area contributed by atoms with Crippen LogP contribution in [0.25, 0.3) is 0 Å². The SMILES string of the molecule is Cc1cc(F)ccc1[C@H]1COc2cc(O)ccc2[C@H]1c1ccc(OCCCCCN2CCN(c3ccc4c(c3)CN(C(C=O)CCC=O)C4=O)CC2)c(F)c1. The number of unbranched alkanes of at least 4 members (excludes halogenated alkanes) is 2. The standard InChI is InChI=1S/C44H47F2N3O6/c1-29-22-32(45)8-11-36(29)39-28-55-42-25-35(52)10-13-38(42)43(39)30-7-14-41(40(46)24-30)54-21-4-2-3-15-47-16-18-48(19-17-47)33-9-12-37-31(23-33)26-49(44(37)53)34(27-51)6-5-20-50/h7-14,20,22-25,27,34,39,43,52H,2-6,15-19,21,26,28H2,1H3/t34?,39-,43-/m1/s1. The third kappa shape index (κ3) is 8.37. The molecule has 3 aliphatic rings. The maximum absolute atomic E-state index is 15.6.